The second kappa shape index (κ2) is 7.80. The summed E-state index contributed by atoms with van der Waals surface area (Å²) in [5.41, 5.74) is 0.312. The highest BCUT2D eigenvalue weighted by molar-refractivity contribution is 6.32. The average Bonchev–Trinajstić information content (AvgIpc) is 2.49. The Labute approximate surface area is 130 Å². The summed E-state index contributed by atoms with van der Waals surface area (Å²) in [4.78, 5) is 12.1. The van der Waals surface area contributed by atoms with Crippen molar-refractivity contribution < 1.29 is 5.11 Å². The van der Waals surface area contributed by atoms with E-state index in [1.807, 2.05) is 0 Å². The molecule has 0 radical (unpaired) electrons. The molecule has 0 aliphatic heterocycles. The lowest BCUT2D eigenvalue weighted by Gasteiger charge is -2.28. The molecule has 1 aliphatic carbocycles. The zero-order valence-electron chi connectivity index (χ0n) is 12.5. The van der Waals surface area contributed by atoms with Gasteiger partial charge in [-0.2, -0.15) is 5.10 Å². The van der Waals surface area contributed by atoms with Crippen LogP contribution in [-0.2, 0) is 6.54 Å². The molecule has 1 aliphatic rings. The van der Waals surface area contributed by atoms with Crippen molar-refractivity contribution in [1.29, 1.82) is 0 Å². The quantitative estimate of drug-likeness (QED) is 0.847. The van der Waals surface area contributed by atoms with Gasteiger partial charge < -0.3 is 10.4 Å². The summed E-state index contributed by atoms with van der Waals surface area (Å²) in [6.45, 7) is 3.29. The first-order valence-corrected chi connectivity index (χ1v) is 8.18. The number of anilines is 1. The van der Waals surface area contributed by atoms with Crippen LogP contribution >= 0.6 is 11.6 Å². The van der Waals surface area contributed by atoms with Gasteiger partial charge in [0.25, 0.3) is 5.56 Å². The van der Waals surface area contributed by atoms with Crippen LogP contribution in [0, 0.1) is 5.92 Å². The second-order valence-corrected chi connectivity index (χ2v) is 6.12. The number of nitrogens with one attached hydrogen (secondary N) is 1. The van der Waals surface area contributed by atoms with Crippen LogP contribution in [0.1, 0.15) is 45.4 Å². The molecule has 21 heavy (non-hydrogen) atoms. The monoisotopic (exact) mass is 313 g/mol. The van der Waals surface area contributed by atoms with Crippen LogP contribution in [-0.4, -0.2) is 27.5 Å². The lowest BCUT2D eigenvalue weighted by Crippen LogP contribution is -2.31. The molecule has 2 unspecified atom stereocenters. The van der Waals surface area contributed by atoms with Crippen LogP contribution in [0.25, 0.3) is 0 Å². The van der Waals surface area contributed by atoms with Crippen molar-refractivity contribution >= 4 is 17.3 Å². The van der Waals surface area contributed by atoms with Gasteiger partial charge in [-0.3, -0.25) is 4.79 Å². The molecule has 118 valence electrons. The summed E-state index contributed by atoms with van der Waals surface area (Å²) < 4.78 is 1.41. The first kappa shape index (κ1) is 16.3. The Bertz CT molecular complexity index is 518. The summed E-state index contributed by atoms with van der Waals surface area (Å²) in [6.07, 6.45) is 7.36. The van der Waals surface area contributed by atoms with E-state index in [2.05, 4.69) is 17.3 Å². The lowest BCUT2D eigenvalue weighted by atomic mass is 9.86. The van der Waals surface area contributed by atoms with Crippen molar-refractivity contribution in [3.05, 3.63) is 21.6 Å². The molecule has 6 heteroatoms. The van der Waals surface area contributed by atoms with Crippen molar-refractivity contribution in [3.63, 3.8) is 0 Å². The van der Waals surface area contributed by atoms with E-state index in [1.165, 1.54) is 4.68 Å². The van der Waals surface area contributed by atoms with Gasteiger partial charge in [0, 0.05) is 19.0 Å². The van der Waals surface area contributed by atoms with Crippen LogP contribution in [0.3, 0.4) is 0 Å². The molecule has 5 nitrogen and oxygen atoms in total. The summed E-state index contributed by atoms with van der Waals surface area (Å²) in [5.74, 6) is 0.220. The summed E-state index contributed by atoms with van der Waals surface area (Å²) in [6, 6.07) is 0. The number of aromatic nitrogens is 2. The number of rotatable bonds is 6. The zero-order valence-corrected chi connectivity index (χ0v) is 13.3. The van der Waals surface area contributed by atoms with Gasteiger partial charge in [-0.15, -0.1) is 0 Å². The number of nitrogens with zero attached hydrogens (tertiary/aromatic N) is 2. The van der Waals surface area contributed by atoms with Gasteiger partial charge in [0.2, 0.25) is 0 Å². The normalized spacial score (nSPS) is 22.2. The summed E-state index contributed by atoms with van der Waals surface area (Å²) >= 11 is 6.13. The SMILES string of the molecule is CCCCn1ncc(NCC2CCCCC2O)c(Cl)c1=O. The number of halogens is 1. The Morgan fingerprint density at radius 3 is 2.95 bits per heavy atom. The first-order valence-electron chi connectivity index (χ1n) is 7.81. The fraction of sp³-hybridized carbons (Fsp3) is 0.733. The number of aliphatic hydroxyl groups is 1. The van der Waals surface area contributed by atoms with Gasteiger partial charge in [0.15, 0.2) is 0 Å². The molecule has 1 fully saturated rings. The molecule has 1 heterocycles. The average molecular weight is 314 g/mol. The predicted molar refractivity (Wildman–Crippen MR) is 84.9 cm³/mol. The van der Waals surface area contributed by atoms with E-state index in [0.717, 1.165) is 38.5 Å². The maximum absolute atomic E-state index is 12.1. The van der Waals surface area contributed by atoms with Gasteiger partial charge in [0.05, 0.1) is 18.0 Å². The Morgan fingerprint density at radius 2 is 2.24 bits per heavy atom. The second-order valence-electron chi connectivity index (χ2n) is 5.75. The third-order valence-corrected chi connectivity index (χ3v) is 4.50. The van der Waals surface area contributed by atoms with Crippen molar-refractivity contribution in [2.24, 2.45) is 5.92 Å². The molecule has 2 rings (SSSR count). The van der Waals surface area contributed by atoms with Crippen LogP contribution in [0.4, 0.5) is 5.69 Å². The van der Waals surface area contributed by atoms with E-state index < -0.39 is 0 Å². The predicted octanol–water partition coefficient (Wildman–Crippen LogP) is 2.66. The van der Waals surface area contributed by atoms with Gasteiger partial charge >= 0.3 is 0 Å². The molecule has 2 N–H and O–H groups in total. The molecule has 0 amide bonds. The minimum atomic E-state index is -0.261. The van der Waals surface area contributed by atoms with E-state index in [9.17, 15) is 9.90 Å². The van der Waals surface area contributed by atoms with Crippen molar-refractivity contribution in [2.75, 3.05) is 11.9 Å². The Hall–Kier alpha value is -1.07. The first-order chi connectivity index (χ1) is 10.1. The van der Waals surface area contributed by atoms with Crippen LogP contribution in [0.5, 0.6) is 0 Å². The van der Waals surface area contributed by atoms with Gasteiger partial charge in [-0.05, 0) is 19.3 Å². The standard InChI is InChI=1S/C15H24ClN3O2/c1-2-3-8-19-15(21)14(16)12(10-18-19)17-9-11-6-4-5-7-13(11)20/h10-11,13,17,20H,2-9H2,1H3. The molecular formula is C15H24ClN3O2. The minimum Gasteiger partial charge on any atom is -0.393 e. The Morgan fingerprint density at radius 1 is 1.48 bits per heavy atom. The van der Waals surface area contributed by atoms with Gasteiger partial charge in [-0.25, -0.2) is 4.68 Å². The van der Waals surface area contributed by atoms with Crippen LogP contribution in [0.2, 0.25) is 5.02 Å². The van der Waals surface area contributed by atoms with Crippen molar-refractivity contribution in [1.82, 2.24) is 9.78 Å². The van der Waals surface area contributed by atoms with E-state index in [0.29, 0.717) is 18.8 Å². The molecule has 0 bridgehead atoms. The number of hydrogen-bond acceptors (Lipinski definition) is 4. The Kier molecular flexibility index (Phi) is 6.06. The van der Waals surface area contributed by atoms with E-state index in [1.54, 1.807) is 6.20 Å². The lowest BCUT2D eigenvalue weighted by molar-refractivity contribution is 0.0763. The van der Waals surface area contributed by atoms with Crippen LogP contribution < -0.4 is 10.9 Å². The smallest absolute Gasteiger partial charge is 0.287 e. The molecular weight excluding hydrogens is 290 g/mol. The summed E-state index contributed by atoms with van der Waals surface area (Å²) in [7, 11) is 0. The van der Waals surface area contributed by atoms with Crippen molar-refractivity contribution in [3.8, 4) is 0 Å². The third kappa shape index (κ3) is 4.20. The van der Waals surface area contributed by atoms with Crippen molar-refractivity contribution in [2.45, 2.75) is 58.1 Å². The molecule has 2 atom stereocenters. The van der Waals surface area contributed by atoms with Crippen LogP contribution in [0.15, 0.2) is 11.0 Å². The maximum Gasteiger partial charge on any atom is 0.287 e. The minimum absolute atomic E-state index is 0.186. The largest absolute Gasteiger partial charge is 0.393 e. The Balaban J connectivity index is 2.00. The van der Waals surface area contributed by atoms with E-state index in [4.69, 9.17) is 11.6 Å². The number of hydrogen-bond donors (Lipinski definition) is 2. The highest BCUT2D eigenvalue weighted by Crippen LogP contribution is 2.25. The number of aliphatic hydroxyl groups excluding tert-OH is 1. The molecule has 0 saturated heterocycles. The fourth-order valence-electron chi connectivity index (χ4n) is 2.72. The number of aryl methyl sites for hydroxylation is 1. The molecule has 1 saturated carbocycles. The summed E-state index contributed by atoms with van der Waals surface area (Å²) in [5, 5.41) is 17.5. The topological polar surface area (TPSA) is 67.2 Å². The highest BCUT2D eigenvalue weighted by atomic mass is 35.5. The molecule has 1 aromatic heterocycles. The molecule has 0 aromatic carbocycles. The highest BCUT2D eigenvalue weighted by Gasteiger charge is 2.23. The molecule has 0 spiro atoms. The fourth-order valence-corrected chi connectivity index (χ4v) is 2.94. The van der Waals surface area contributed by atoms with E-state index >= 15 is 0 Å². The zero-order chi connectivity index (χ0) is 15.2. The van der Waals surface area contributed by atoms with Gasteiger partial charge in [-0.1, -0.05) is 37.8 Å². The third-order valence-electron chi connectivity index (χ3n) is 4.13. The van der Waals surface area contributed by atoms with Gasteiger partial charge in [0.1, 0.15) is 5.02 Å². The van der Waals surface area contributed by atoms with E-state index in [-0.39, 0.29) is 22.6 Å². The maximum atomic E-state index is 12.1. The molecule has 1 aromatic rings. The number of unbranched alkanes of at least 4 members (excludes halogenated alkanes) is 1.